The van der Waals surface area contributed by atoms with E-state index in [0.717, 1.165) is 53.7 Å². The molecule has 0 bridgehead atoms. The molecule has 4 aliphatic rings. The minimum Gasteiger partial charge on any atom is -0.494 e. The van der Waals surface area contributed by atoms with Crippen LogP contribution in [0.2, 0.25) is 0 Å². The number of nitrogens with one attached hydrogen (secondary N) is 6. The molecule has 67 heavy (non-hydrogen) atoms. The zero-order valence-electron chi connectivity index (χ0n) is 38.9. The summed E-state index contributed by atoms with van der Waals surface area (Å²) in [6.45, 7) is 8.39. The van der Waals surface area contributed by atoms with E-state index < -0.39 is 53.2 Å². The van der Waals surface area contributed by atoms with Crippen molar-refractivity contribution in [3.05, 3.63) is 94.0 Å². The van der Waals surface area contributed by atoms with Gasteiger partial charge in [-0.25, -0.2) is 0 Å². The van der Waals surface area contributed by atoms with Gasteiger partial charge < -0.3 is 36.2 Å². The van der Waals surface area contributed by atoms with Crippen LogP contribution in [-0.2, 0) is 48.2 Å². The van der Waals surface area contributed by atoms with Gasteiger partial charge in [0.05, 0.1) is 36.4 Å². The SMILES string of the molecule is CN[C@@H](C)C(=O)N[C@H](C(=O)N1Cc2cc(OCCCCCNC(=O)CNc3ccc4c(c3)C(=O)N(C3CCC(=O)NC3=O)C4=O)ccc2C[C@H]1C(=O)N[C@@H]1CCCc2ccccc21)C(C)(C)C. The number of carbonyl (C=O) groups excluding carboxylic acids is 8. The van der Waals surface area contributed by atoms with Crippen molar-refractivity contribution in [2.24, 2.45) is 5.41 Å². The number of ether oxygens (including phenoxy) is 1. The van der Waals surface area contributed by atoms with Gasteiger partial charge in [-0.1, -0.05) is 51.1 Å². The van der Waals surface area contributed by atoms with Crippen LogP contribution in [-0.4, -0.2) is 108 Å². The number of rotatable bonds is 17. The molecule has 3 aromatic carbocycles. The van der Waals surface area contributed by atoms with Crippen LogP contribution in [0.15, 0.2) is 60.7 Å². The van der Waals surface area contributed by atoms with Crippen LogP contribution < -0.4 is 36.6 Å². The lowest BCUT2D eigenvalue weighted by atomic mass is 9.83. The van der Waals surface area contributed by atoms with Gasteiger partial charge in [-0.15, -0.1) is 0 Å². The maximum Gasteiger partial charge on any atom is 0.262 e. The fourth-order valence-electron chi connectivity index (χ4n) is 9.15. The minimum atomic E-state index is -1.06. The van der Waals surface area contributed by atoms with Crippen molar-refractivity contribution < 1.29 is 43.1 Å². The summed E-state index contributed by atoms with van der Waals surface area (Å²) in [5, 5.41) is 17.2. The Balaban J connectivity index is 0.903. The molecule has 1 saturated heterocycles. The van der Waals surface area contributed by atoms with E-state index in [2.05, 4.69) is 44.0 Å². The number of anilines is 1. The van der Waals surface area contributed by atoms with Crippen LogP contribution in [0.5, 0.6) is 5.75 Å². The van der Waals surface area contributed by atoms with Gasteiger partial charge >= 0.3 is 0 Å². The van der Waals surface area contributed by atoms with Crippen molar-refractivity contribution in [3.8, 4) is 5.75 Å². The number of likely N-dealkylation sites (N-methyl/N-ethyl adjacent to an activating group) is 1. The highest BCUT2D eigenvalue weighted by Crippen LogP contribution is 2.34. The van der Waals surface area contributed by atoms with Crippen molar-refractivity contribution in [1.82, 2.24) is 36.4 Å². The summed E-state index contributed by atoms with van der Waals surface area (Å²) in [6.07, 6.45) is 5.31. The Morgan fingerprint density at radius 3 is 2.40 bits per heavy atom. The smallest absolute Gasteiger partial charge is 0.262 e. The summed E-state index contributed by atoms with van der Waals surface area (Å²) >= 11 is 0. The van der Waals surface area contributed by atoms with Crippen molar-refractivity contribution in [2.45, 2.75) is 122 Å². The third-order valence-corrected chi connectivity index (χ3v) is 13.1. The fraction of sp³-hybridized carbons (Fsp3) is 0.480. The van der Waals surface area contributed by atoms with Crippen LogP contribution in [0.25, 0.3) is 0 Å². The molecule has 5 atom stereocenters. The first-order valence-electron chi connectivity index (χ1n) is 23.3. The number of nitrogens with zero attached hydrogens (tertiary/aromatic N) is 2. The van der Waals surface area contributed by atoms with E-state index in [-0.39, 0.29) is 66.7 Å². The quantitative estimate of drug-likeness (QED) is 0.0850. The maximum atomic E-state index is 14.7. The molecule has 17 nitrogen and oxygen atoms in total. The van der Waals surface area contributed by atoms with E-state index in [1.54, 1.807) is 24.9 Å². The molecule has 7 rings (SSSR count). The molecule has 0 radical (unpaired) electrons. The maximum absolute atomic E-state index is 14.7. The topological polar surface area (TPSA) is 224 Å². The first-order chi connectivity index (χ1) is 32.0. The molecule has 3 aromatic rings. The third-order valence-electron chi connectivity index (χ3n) is 13.1. The van der Waals surface area contributed by atoms with E-state index in [4.69, 9.17) is 4.74 Å². The zero-order valence-corrected chi connectivity index (χ0v) is 38.9. The van der Waals surface area contributed by atoms with Crippen LogP contribution in [0.1, 0.15) is 122 Å². The van der Waals surface area contributed by atoms with Gasteiger partial charge in [0.25, 0.3) is 11.8 Å². The Labute approximate surface area is 390 Å². The second kappa shape index (κ2) is 20.9. The van der Waals surface area contributed by atoms with Gasteiger partial charge in [0.1, 0.15) is 23.9 Å². The second-order valence-electron chi connectivity index (χ2n) is 18.9. The summed E-state index contributed by atoms with van der Waals surface area (Å²) in [5.41, 5.74) is 4.22. The van der Waals surface area contributed by atoms with Gasteiger partial charge in [-0.3, -0.25) is 48.6 Å². The van der Waals surface area contributed by atoms with E-state index in [1.807, 2.05) is 51.1 Å². The summed E-state index contributed by atoms with van der Waals surface area (Å²) in [5.74, 6) is -2.83. The summed E-state index contributed by atoms with van der Waals surface area (Å²) in [4.78, 5) is 107. The van der Waals surface area contributed by atoms with E-state index in [0.29, 0.717) is 37.4 Å². The molecular weight excluding hydrogens is 857 g/mol. The predicted octanol–water partition coefficient (Wildman–Crippen LogP) is 3.45. The zero-order chi connectivity index (χ0) is 48.0. The second-order valence-corrected chi connectivity index (χ2v) is 18.9. The van der Waals surface area contributed by atoms with Crippen molar-refractivity contribution in [1.29, 1.82) is 0 Å². The predicted molar refractivity (Wildman–Crippen MR) is 249 cm³/mol. The van der Waals surface area contributed by atoms with Gasteiger partial charge in [0, 0.05) is 31.6 Å². The van der Waals surface area contributed by atoms with Crippen LogP contribution in [0, 0.1) is 5.41 Å². The molecule has 3 aliphatic heterocycles. The largest absolute Gasteiger partial charge is 0.494 e. The lowest BCUT2D eigenvalue weighted by Crippen LogP contribution is -2.62. The summed E-state index contributed by atoms with van der Waals surface area (Å²) in [7, 11) is 1.68. The number of piperidine rings is 1. The van der Waals surface area contributed by atoms with Crippen LogP contribution in [0.4, 0.5) is 5.69 Å². The minimum absolute atomic E-state index is 0.0298. The van der Waals surface area contributed by atoms with E-state index in [9.17, 15) is 38.4 Å². The monoisotopic (exact) mass is 918 g/mol. The highest BCUT2D eigenvalue weighted by atomic mass is 16.5. The van der Waals surface area contributed by atoms with E-state index >= 15 is 0 Å². The summed E-state index contributed by atoms with van der Waals surface area (Å²) in [6, 6.07) is 15.0. The highest BCUT2D eigenvalue weighted by molar-refractivity contribution is 6.23. The number of hydrogen-bond donors (Lipinski definition) is 6. The number of carbonyl (C=O) groups is 8. The van der Waals surface area contributed by atoms with Gasteiger partial charge in [-0.2, -0.15) is 0 Å². The molecule has 1 fully saturated rings. The normalized spacial score (nSPS) is 19.9. The first kappa shape index (κ1) is 48.3. The number of amides is 8. The number of fused-ring (bicyclic) bond motifs is 3. The van der Waals surface area contributed by atoms with Gasteiger partial charge in [0.2, 0.25) is 35.4 Å². The molecule has 17 heteroatoms. The Bertz CT molecular complexity index is 2430. The number of benzene rings is 3. The lowest BCUT2D eigenvalue weighted by molar-refractivity contribution is -0.147. The molecule has 1 aliphatic carbocycles. The van der Waals surface area contributed by atoms with Crippen LogP contribution >= 0.6 is 0 Å². The van der Waals surface area contributed by atoms with Crippen molar-refractivity contribution in [2.75, 3.05) is 32.1 Å². The average Bonchev–Trinajstić information content (AvgIpc) is 3.55. The molecule has 0 saturated carbocycles. The third kappa shape index (κ3) is 11.2. The highest BCUT2D eigenvalue weighted by Gasteiger charge is 2.45. The molecule has 8 amide bonds. The number of aryl methyl sites for hydroxylation is 1. The van der Waals surface area contributed by atoms with E-state index in [1.165, 1.54) is 17.7 Å². The number of imide groups is 2. The molecule has 1 unspecified atom stereocenters. The van der Waals surface area contributed by atoms with Gasteiger partial charge in [0.15, 0.2) is 0 Å². The standard InChI is InChI=1S/C50H62N8O9/c1-29(51-5)44(61)56-43(50(2,3)4)49(66)57-28-32-24-34(18-16-31(32)25-40(57)46(63)54-38-15-11-13-30-12-7-8-14-35(30)38)67-23-10-6-9-22-52-42(60)27-53-33-17-19-36-37(26-33)48(65)58(47(36)64)39-20-21-41(59)55-45(39)62/h7-8,12,14,16-19,24,26,29,38-40,43,51,53H,6,9-11,13,15,20-23,25,27-28H2,1-5H3,(H,52,60)(H,54,63)(H,56,61)(H,55,59,62)/t29-,38+,39?,40-,43+/m0/s1. The van der Waals surface area contributed by atoms with Crippen molar-refractivity contribution in [3.63, 3.8) is 0 Å². The van der Waals surface area contributed by atoms with Crippen molar-refractivity contribution >= 4 is 52.9 Å². The first-order valence-corrected chi connectivity index (χ1v) is 23.3. The molecule has 0 spiro atoms. The summed E-state index contributed by atoms with van der Waals surface area (Å²) < 4.78 is 6.16. The Morgan fingerprint density at radius 1 is 0.866 bits per heavy atom. The Morgan fingerprint density at radius 2 is 1.64 bits per heavy atom. The molecule has 3 heterocycles. The molecule has 356 valence electrons. The fourth-order valence-corrected chi connectivity index (χ4v) is 9.15. The van der Waals surface area contributed by atoms with Gasteiger partial charge in [-0.05, 0) is 117 Å². The molecule has 0 aromatic heterocycles. The number of unbranched alkanes of at least 4 members (excludes halogenated alkanes) is 2. The Hall–Kier alpha value is -6.62. The van der Waals surface area contributed by atoms with Crippen LogP contribution in [0.3, 0.4) is 0 Å². The average molecular weight is 919 g/mol. The molecule has 6 N–H and O–H groups in total. The lowest BCUT2D eigenvalue weighted by Gasteiger charge is -2.41. The number of hydrogen-bond acceptors (Lipinski definition) is 11. The molecular formula is C50H62N8O9. The Kier molecular flexibility index (Phi) is 15.1.